The van der Waals surface area contributed by atoms with E-state index >= 15 is 0 Å². The zero-order valence-corrected chi connectivity index (χ0v) is 7.40. The van der Waals surface area contributed by atoms with Crippen molar-refractivity contribution in [2.24, 2.45) is 0 Å². The second-order valence-electron chi connectivity index (χ2n) is 2.75. The van der Waals surface area contributed by atoms with Crippen LogP contribution in [0.4, 0.5) is 4.39 Å². The number of rotatable bonds is 3. The molecule has 0 bridgehead atoms. The van der Waals surface area contributed by atoms with E-state index in [9.17, 15) is 9.18 Å². The van der Waals surface area contributed by atoms with Gasteiger partial charge in [0.15, 0.2) is 0 Å². The lowest BCUT2D eigenvalue weighted by atomic mass is 9.91. The third kappa shape index (κ3) is 1.34. The van der Waals surface area contributed by atoms with Gasteiger partial charge in [-0.25, -0.2) is 4.39 Å². The Morgan fingerprint density at radius 1 is 1.83 bits per heavy atom. The molecule has 1 heterocycles. The molecule has 0 amide bonds. The minimum absolute atomic E-state index is 0.553. The summed E-state index contributed by atoms with van der Waals surface area (Å²) in [4.78, 5) is 11.3. The molecular weight excluding hydrogens is 179 g/mol. The third-order valence-corrected chi connectivity index (χ3v) is 2.94. The number of carboxylic acids is 1. The van der Waals surface area contributed by atoms with Gasteiger partial charge in [0.25, 0.3) is 0 Å². The predicted molar refractivity (Wildman–Crippen MR) is 45.3 cm³/mol. The highest BCUT2D eigenvalue weighted by Gasteiger charge is 2.36. The Balaban J connectivity index is 3.04. The average Bonchev–Trinajstić information content (AvgIpc) is 2.54. The molecule has 1 N–H and O–H groups in total. The van der Waals surface area contributed by atoms with E-state index in [0.717, 1.165) is 0 Å². The van der Waals surface area contributed by atoms with E-state index in [2.05, 4.69) is 0 Å². The second kappa shape index (κ2) is 3.23. The van der Waals surface area contributed by atoms with Crippen LogP contribution in [0, 0.1) is 0 Å². The molecule has 66 valence electrons. The number of hydrogen-bond acceptors (Lipinski definition) is 2. The highest BCUT2D eigenvalue weighted by atomic mass is 32.1. The van der Waals surface area contributed by atoms with Crippen LogP contribution in [0.2, 0.25) is 0 Å². The van der Waals surface area contributed by atoms with Crippen LogP contribution in [0.25, 0.3) is 0 Å². The van der Waals surface area contributed by atoms with Gasteiger partial charge >= 0.3 is 5.97 Å². The van der Waals surface area contributed by atoms with Crippen molar-refractivity contribution in [2.75, 3.05) is 6.67 Å². The van der Waals surface area contributed by atoms with Gasteiger partial charge in [-0.05, 0) is 18.4 Å². The molecule has 0 aliphatic heterocycles. The molecule has 1 aromatic heterocycles. The average molecular weight is 188 g/mol. The molecule has 0 aromatic carbocycles. The fraction of sp³-hybridized carbons (Fsp3) is 0.375. The summed E-state index contributed by atoms with van der Waals surface area (Å²) in [6.07, 6.45) is 0. The van der Waals surface area contributed by atoms with Crippen LogP contribution in [-0.2, 0) is 10.2 Å². The van der Waals surface area contributed by atoms with Crippen molar-refractivity contribution in [1.82, 2.24) is 0 Å². The van der Waals surface area contributed by atoms with E-state index in [1.54, 1.807) is 17.5 Å². The van der Waals surface area contributed by atoms with Crippen molar-refractivity contribution in [3.63, 3.8) is 0 Å². The predicted octanol–water partition coefficient (Wildman–Crippen LogP) is 2.06. The Bertz CT molecular complexity index is 271. The van der Waals surface area contributed by atoms with Crippen molar-refractivity contribution in [3.8, 4) is 0 Å². The molecule has 1 rings (SSSR count). The molecule has 1 unspecified atom stereocenters. The summed E-state index contributed by atoms with van der Waals surface area (Å²) in [5.41, 5.74) is -1.37. The van der Waals surface area contributed by atoms with Crippen molar-refractivity contribution >= 4 is 17.3 Å². The molecule has 2 nitrogen and oxygen atoms in total. The molecule has 12 heavy (non-hydrogen) atoms. The van der Waals surface area contributed by atoms with Gasteiger partial charge in [0, 0.05) is 4.88 Å². The lowest BCUT2D eigenvalue weighted by Gasteiger charge is -2.18. The highest BCUT2D eigenvalue weighted by molar-refractivity contribution is 7.10. The van der Waals surface area contributed by atoms with Crippen LogP contribution in [0.5, 0.6) is 0 Å². The van der Waals surface area contributed by atoms with Gasteiger partial charge in [0.05, 0.1) is 0 Å². The van der Waals surface area contributed by atoms with Crippen molar-refractivity contribution in [3.05, 3.63) is 22.4 Å². The molecule has 0 aliphatic carbocycles. The number of thiophene rings is 1. The lowest BCUT2D eigenvalue weighted by molar-refractivity contribution is -0.143. The third-order valence-electron chi connectivity index (χ3n) is 1.80. The summed E-state index contributed by atoms with van der Waals surface area (Å²) < 4.78 is 12.5. The van der Waals surface area contributed by atoms with Crippen LogP contribution in [0.15, 0.2) is 17.5 Å². The van der Waals surface area contributed by atoms with Gasteiger partial charge in [-0.3, -0.25) is 4.79 Å². The quantitative estimate of drug-likeness (QED) is 0.788. The Hall–Kier alpha value is -0.900. The van der Waals surface area contributed by atoms with E-state index in [1.807, 2.05) is 0 Å². The van der Waals surface area contributed by atoms with E-state index in [4.69, 9.17) is 5.11 Å². The number of halogens is 1. The minimum atomic E-state index is -1.37. The first kappa shape index (κ1) is 9.19. The van der Waals surface area contributed by atoms with Crippen LogP contribution in [-0.4, -0.2) is 17.8 Å². The SMILES string of the molecule is CC(CF)(C(=O)O)c1cccs1. The monoisotopic (exact) mass is 188 g/mol. The summed E-state index contributed by atoms with van der Waals surface area (Å²) >= 11 is 1.26. The Kier molecular flexibility index (Phi) is 2.47. The summed E-state index contributed by atoms with van der Waals surface area (Å²) in [6.45, 7) is 0.518. The lowest BCUT2D eigenvalue weighted by Crippen LogP contribution is -2.33. The van der Waals surface area contributed by atoms with Crippen LogP contribution in [0.1, 0.15) is 11.8 Å². The second-order valence-corrected chi connectivity index (χ2v) is 3.70. The van der Waals surface area contributed by atoms with Crippen LogP contribution in [0.3, 0.4) is 0 Å². The first-order valence-corrected chi connectivity index (χ1v) is 4.32. The number of aliphatic carboxylic acids is 1. The normalized spacial score (nSPS) is 15.5. The van der Waals surface area contributed by atoms with Gasteiger partial charge in [0.2, 0.25) is 0 Å². The molecule has 4 heteroatoms. The van der Waals surface area contributed by atoms with Crippen LogP contribution < -0.4 is 0 Å². The Labute approximate surface area is 73.7 Å². The summed E-state index contributed by atoms with van der Waals surface area (Å²) in [5, 5.41) is 10.5. The Morgan fingerprint density at radius 2 is 2.50 bits per heavy atom. The maximum Gasteiger partial charge on any atom is 0.317 e. The molecule has 1 aromatic rings. The van der Waals surface area contributed by atoms with Crippen molar-refractivity contribution in [2.45, 2.75) is 12.3 Å². The van der Waals surface area contributed by atoms with E-state index in [0.29, 0.717) is 4.88 Å². The fourth-order valence-corrected chi connectivity index (χ4v) is 1.68. The number of carboxylic acid groups (broad SMARTS) is 1. The Morgan fingerprint density at radius 3 is 2.83 bits per heavy atom. The maximum atomic E-state index is 12.5. The van der Waals surface area contributed by atoms with Gasteiger partial charge in [0.1, 0.15) is 12.1 Å². The summed E-state index contributed by atoms with van der Waals surface area (Å²) in [7, 11) is 0. The molecule has 1 atom stereocenters. The molecule has 0 saturated heterocycles. The molecule has 0 aliphatic rings. The van der Waals surface area contributed by atoms with E-state index in [-0.39, 0.29) is 0 Å². The van der Waals surface area contributed by atoms with Gasteiger partial charge in [-0.1, -0.05) is 6.07 Å². The largest absolute Gasteiger partial charge is 0.480 e. The number of hydrogen-bond donors (Lipinski definition) is 1. The summed E-state index contributed by atoms with van der Waals surface area (Å²) in [5.74, 6) is -1.12. The first-order valence-electron chi connectivity index (χ1n) is 3.44. The molecule has 0 spiro atoms. The minimum Gasteiger partial charge on any atom is -0.480 e. The molecular formula is C8H9FO2S. The molecule has 0 radical (unpaired) electrons. The first-order chi connectivity index (χ1) is 5.61. The van der Waals surface area contributed by atoms with E-state index in [1.165, 1.54) is 18.3 Å². The van der Waals surface area contributed by atoms with E-state index < -0.39 is 18.1 Å². The standard InChI is InChI=1S/C8H9FO2S/c1-8(5-9,7(10)11)6-3-2-4-12-6/h2-4H,5H2,1H3,(H,10,11). The van der Waals surface area contributed by atoms with Gasteiger partial charge < -0.3 is 5.11 Å². The summed E-state index contributed by atoms with van der Waals surface area (Å²) in [6, 6.07) is 3.36. The highest BCUT2D eigenvalue weighted by Crippen LogP contribution is 2.28. The molecule has 0 fully saturated rings. The smallest absolute Gasteiger partial charge is 0.317 e. The number of alkyl halides is 1. The van der Waals surface area contributed by atoms with Gasteiger partial charge in [-0.15, -0.1) is 11.3 Å². The molecule has 0 saturated carbocycles. The van der Waals surface area contributed by atoms with Crippen molar-refractivity contribution in [1.29, 1.82) is 0 Å². The van der Waals surface area contributed by atoms with Crippen LogP contribution >= 0.6 is 11.3 Å². The topological polar surface area (TPSA) is 37.3 Å². The number of carbonyl (C=O) groups is 1. The zero-order valence-electron chi connectivity index (χ0n) is 6.58. The fourth-order valence-electron chi connectivity index (χ4n) is 0.821. The maximum absolute atomic E-state index is 12.5. The van der Waals surface area contributed by atoms with Gasteiger partial charge in [-0.2, -0.15) is 0 Å². The zero-order chi connectivity index (χ0) is 9.19. The van der Waals surface area contributed by atoms with Crippen molar-refractivity contribution < 1.29 is 14.3 Å².